The molecule has 18 heavy (non-hydrogen) atoms. The van der Waals surface area contributed by atoms with E-state index in [1.807, 2.05) is 11.8 Å². The van der Waals surface area contributed by atoms with Crippen LogP contribution in [0, 0.1) is 5.92 Å². The van der Waals surface area contributed by atoms with Crippen molar-refractivity contribution in [1.82, 2.24) is 10.2 Å². The largest absolute Gasteiger partial charge is 0.322 e. The Bertz CT molecular complexity index is 311. The molecule has 0 aromatic heterocycles. The van der Waals surface area contributed by atoms with Gasteiger partial charge in [0.2, 0.25) is 5.91 Å². The molecule has 102 valence electrons. The molecule has 4 heteroatoms. The van der Waals surface area contributed by atoms with Crippen LogP contribution in [0.15, 0.2) is 0 Å². The van der Waals surface area contributed by atoms with Gasteiger partial charge in [-0.3, -0.25) is 10.1 Å². The zero-order valence-corrected chi connectivity index (χ0v) is 12.0. The van der Waals surface area contributed by atoms with E-state index in [1.165, 1.54) is 37.9 Å². The Hall–Kier alpha value is -0.220. The Morgan fingerprint density at radius 2 is 2.11 bits per heavy atom. The summed E-state index contributed by atoms with van der Waals surface area (Å²) >= 11 is 2.00. The minimum atomic E-state index is 0.0844. The number of hydrogen-bond donors (Lipinski definition) is 1. The van der Waals surface area contributed by atoms with Crippen LogP contribution in [-0.2, 0) is 4.79 Å². The van der Waals surface area contributed by atoms with E-state index in [9.17, 15) is 4.79 Å². The molecule has 3 fully saturated rings. The van der Waals surface area contributed by atoms with Crippen molar-refractivity contribution in [3.05, 3.63) is 0 Å². The predicted octanol–water partition coefficient (Wildman–Crippen LogP) is 2.22. The highest BCUT2D eigenvalue weighted by Crippen LogP contribution is 2.35. The Morgan fingerprint density at radius 3 is 2.72 bits per heavy atom. The lowest BCUT2D eigenvalue weighted by molar-refractivity contribution is -0.132. The molecule has 2 aliphatic heterocycles. The number of nitrogens with one attached hydrogen (secondary N) is 1. The fourth-order valence-corrected chi connectivity index (χ4v) is 4.96. The van der Waals surface area contributed by atoms with Crippen molar-refractivity contribution in [1.29, 1.82) is 0 Å². The maximum atomic E-state index is 12.5. The first kappa shape index (κ1) is 12.8. The van der Waals surface area contributed by atoms with Crippen molar-refractivity contribution in [3.8, 4) is 0 Å². The van der Waals surface area contributed by atoms with Crippen LogP contribution in [0.3, 0.4) is 0 Å². The SMILES string of the molecule is CCC1NC(C2CCCC2)N(C2CCSC2)C1=O. The second-order valence-electron chi connectivity index (χ2n) is 5.88. The highest BCUT2D eigenvalue weighted by molar-refractivity contribution is 7.99. The molecule has 1 saturated carbocycles. The van der Waals surface area contributed by atoms with E-state index in [1.54, 1.807) is 0 Å². The number of nitrogens with zero attached hydrogens (tertiary/aromatic N) is 1. The molecule has 3 atom stereocenters. The van der Waals surface area contributed by atoms with Crippen molar-refractivity contribution in [2.75, 3.05) is 11.5 Å². The summed E-state index contributed by atoms with van der Waals surface area (Å²) in [5.74, 6) is 3.45. The molecule has 0 bridgehead atoms. The standard InChI is InChI=1S/C14H24N2OS/c1-2-12-14(17)16(11-7-8-18-9-11)13(15-12)10-5-3-4-6-10/h10-13,15H,2-9H2,1H3. The van der Waals surface area contributed by atoms with Crippen LogP contribution in [-0.4, -0.2) is 40.6 Å². The van der Waals surface area contributed by atoms with Gasteiger partial charge in [-0.2, -0.15) is 11.8 Å². The van der Waals surface area contributed by atoms with E-state index >= 15 is 0 Å². The maximum absolute atomic E-state index is 12.5. The summed E-state index contributed by atoms with van der Waals surface area (Å²) in [5, 5.41) is 3.63. The van der Waals surface area contributed by atoms with E-state index in [2.05, 4.69) is 17.1 Å². The predicted molar refractivity (Wildman–Crippen MR) is 75.5 cm³/mol. The monoisotopic (exact) mass is 268 g/mol. The van der Waals surface area contributed by atoms with Crippen LogP contribution in [0.1, 0.15) is 45.4 Å². The van der Waals surface area contributed by atoms with Gasteiger partial charge >= 0.3 is 0 Å². The van der Waals surface area contributed by atoms with Gasteiger partial charge in [-0.15, -0.1) is 0 Å². The summed E-state index contributed by atoms with van der Waals surface area (Å²) in [7, 11) is 0. The van der Waals surface area contributed by atoms with Gasteiger partial charge in [0.25, 0.3) is 0 Å². The van der Waals surface area contributed by atoms with E-state index in [0.717, 1.165) is 12.2 Å². The van der Waals surface area contributed by atoms with Gasteiger partial charge in [0, 0.05) is 11.8 Å². The maximum Gasteiger partial charge on any atom is 0.241 e. The fourth-order valence-electron chi connectivity index (χ4n) is 3.75. The van der Waals surface area contributed by atoms with Gasteiger partial charge < -0.3 is 4.90 Å². The zero-order chi connectivity index (χ0) is 12.5. The Kier molecular flexibility index (Phi) is 3.85. The minimum Gasteiger partial charge on any atom is -0.322 e. The molecule has 1 aliphatic carbocycles. The molecule has 3 nitrogen and oxygen atoms in total. The quantitative estimate of drug-likeness (QED) is 0.852. The molecule has 2 heterocycles. The van der Waals surface area contributed by atoms with Crippen LogP contribution in [0.5, 0.6) is 0 Å². The van der Waals surface area contributed by atoms with Gasteiger partial charge in [-0.05, 0) is 37.4 Å². The van der Waals surface area contributed by atoms with Crippen molar-refractivity contribution in [3.63, 3.8) is 0 Å². The Balaban J connectivity index is 1.78. The lowest BCUT2D eigenvalue weighted by Crippen LogP contribution is -2.48. The fraction of sp³-hybridized carbons (Fsp3) is 0.929. The van der Waals surface area contributed by atoms with E-state index in [-0.39, 0.29) is 6.04 Å². The molecule has 1 amide bonds. The first-order chi connectivity index (χ1) is 8.81. The number of carbonyl (C=O) groups is 1. The number of amides is 1. The Labute approximate surface area is 114 Å². The first-order valence-electron chi connectivity index (χ1n) is 7.47. The second-order valence-corrected chi connectivity index (χ2v) is 7.03. The molecular formula is C14H24N2OS. The van der Waals surface area contributed by atoms with Crippen molar-refractivity contribution < 1.29 is 4.79 Å². The summed E-state index contributed by atoms with van der Waals surface area (Å²) in [6.45, 7) is 2.12. The summed E-state index contributed by atoms with van der Waals surface area (Å²) in [6, 6.07) is 0.582. The molecule has 0 aromatic rings. The zero-order valence-electron chi connectivity index (χ0n) is 11.2. The van der Waals surface area contributed by atoms with Gasteiger partial charge in [0.05, 0.1) is 12.2 Å². The minimum absolute atomic E-state index is 0.0844. The molecule has 3 rings (SSSR count). The third-order valence-corrected chi connectivity index (χ3v) is 5.92. The van der Waals surface area contributed by atoms with Crippen molar-refractivity contribution in [2.24, 2.45) is 5.92 Å². The topological polar surface area (TPSA) is 32.3 Å². The van der Waals surface area contributed by atoms with Gasteiger partial charge in [0.1, 0.15) is 0 Å². The summed E-state index contributed by atoms with van der Waals surface area (Å²) < 4.78 is 0. The van der Waals surface area contributed by atoms with Crippen LogP contribution in [0.25, 0.3) is 0 Å². The number of thioether (sulfide) groups is 1. The summed E-state index contributed by atoms with van der Waals surface area (Å²) in [4.78, 5) is 14.8. The van der Waals surface area contributed by atoms with Gasteiger partial charge in [0.15, 0.2) is 0 Å². The highest BCUT2D eigenvalue weighted by atomic mass is 32.2. The Morgan fingerprint density at radius 1 is 1.33 bits per heavy atom. The average Bonchev–Trinajstić information content (AvgIpc) is 3.08. The van der Waals surface area contributed by atoms with Gasteiger partial charge in [-0.25, -0.2) is 0 Å². The van der Waals surface area contributed by atoms with Crippen molar-refractivity contribution >= 4 is 17.7 Å². The molecule has 3 unspecified atom stereocenters. The highest BCUT2D eigenvalue weighted by Gasteiger charge is 2.45. The number of hydrogen-bond acceptors (Lipinski definition) is 3. The number of carbonyl (C=O) groups excluding carboxylic acids is 1. The van der Waals surface area contributed by atoms with Crippen LogP contribution < -0.4 is 5.32 Å². The van der Waals surface area contributed by atoms with Gasteiger partial charge in [-0.1, -0.05) is 19.8 Å². The normalized spacial score (nSPS) is 37.9. The van der Waals surface area contributed by atoms with Crippen LogP contribution in [0.4, 0.5) is 0 Å². The third-order valence-electron chi connectivity index (χ3n) is 4.78. The molecule has 0 spiro atoms. The lowest BCUT2D eigenvalue weighted by atomic mass is 10.0. The lowest BCUT2D eigenvalue weighted by Gasteiger charge is -2.33. The molecule has 3 aliphatic rings. The van der Waals surface area contributed by atoms with Crippen LogP contribution in [0.2, 0.25) is 0 Å². The summed E-state index contributed by atoms with van der Waals surface area (Å²) in [5.41, 5.74) is 0. The van der Waals surface area contributed by atoms with E-state index in [0.29, 0.717) is 24.0 Å². The van der Waals surface area contributed by atoms with Crippen LogP contribution >= 0.6 is 11.8 Å². The first-order valence-corrected chi connectivity index (χ1v) is 8.62. The molecule has 0 aromatic carbocycles. The number of rotatable bonds is 3. The summed E-state index contributed by atoms with van der Waals surface area (Å²) in [6.07, 6.45) is 7.77. The average molecular weight is 268 g/mol. The molecular weight excluding hydrogens is 244 g/mol. The smallest absolute Gasteiger partial charge is 0.241 e. The third kappa shape index (κ3) is 2.18. The molecule has 0 radical (unpaired) electrons. The van der Waals surface area contributed by atoms with E-state index < -0.39 is 0 Å². The molecule has 2 saturated heterocycles. The molecule has 1 N–H and O–H groups in total. The van der Waals surface area contributed by atoms with Crippen molar-refractivity contribution in [2.45, 2.75) is 63.7 Å². The second kappa shape index (κ2) is 5.41. The van der Waals surface area contributed by atoms with E-state index in [4.69, 9.17) is 0 Å².